The summed E-state index contributed by atoms with van der Waals surface area (Å²) in [5.74, 6) is 0.310. The molecule has 3 rings (SSSR count). The standard InChI is InChI=1S/C15H27N3O2/c1-17-12-3-4-13(17)9-18(8-5-12)14(19)15(11-20-2)6-7-16-10-15/h12-13,16H,3-11H2,1-2H3. The van der Waals surface area contributed by atoms with Gasteiger partial charge in [-0.15, -0.1) is 0 Å². The first-order chi connectivity index (χ1) is 9.66. The second kappa shape index (κ2) is 5.62. The second-order valence-electron chi connectivity index (χ2n) is 6.73. The SMILES string of the molecule is COCC1(C(=O)N2CCC3CCC(C2)N3C)CCNC1. The number of carbonyl (C=O) groups excluding carboxylic acids is 1. The number of nitrogens with one attached hydrogen (secondary N) is 1. The van der Waals surface area contributed by atoms with Crippen molar-refractivity contribution in [2.75, 3.05) is 46.9 Å². The number of hydrogen-bond acceptors (Lipinski definition) is 4. The number of fused-ring (bicyclic) bond motifs is 2. The predicted molar refractivity (Wildman–Crippen MR) is 77.6 cm³/mol. The van der Waals surface area contributed by atoms with E-state index in [4.69, 9.17) is 4.74 Å². The zero-order chi connectivity index (χ0) is 14.2. The van der Waals surface area contributed by atoms with Crippen LogP contribution in [-0.4, -0.2) is 74.7 Å². The molecule has 0 saturated carbocycles. The highest BCUT2D eigenvalue weighted by Crippen LogP contribution is 2.33. The van der Waals surface area contributed by atoms with Crippen LogP contribution in [0.4, 0.5) is 0 Å². The monoisotopic (exact) mass is 281 g/mol. The molecule has 1 N–H and O–H groups in total. The molecule has 3 aliphatic rings. The molecule has 3 saturated heterocycles. The Kier molecular flexibility index (Phi) is 4.02. The smallest absolute Gasteiger partial charge is 0.232 e. The fraction of sp³-hybridized carbons (Fsp3) is 0.933. The van der Waals surface area contributed by atoms with Crippen molar-refractivity contribution in [3.05, 3.63) is 0 Å². The van der Waals surface area contributed by atoms with Crippen molar-refractivity contribution in [2.45, 2.75) is 37.8 Å². The molecule has 5 heteroatoms. The van der Waals surface area contributed by atoms with Gasteiger partial charge in [-0.2, -0.15) is 0 Å². The van der Waals surface area contributed by atoms with Crippen LogP contribution in [0.3, 0.4) is 0 Å². The summed E-state index contributed by atoms with van der Waals surface area (Å²) >= 11 is 0. The lowest BCUT2D eigenvalue weighted by Crippen LogP contribution is -2.50. The number of ether oxygens (including phenoxy) is 1. The molecule has 114 valence electrons. The Balaban J connectivity index is 1.73. The Morgan fingerprint density at radius 2 is 2.15 bits per heavy atom. The van der Waals surface area contributed by atoms with E-state index in [2.05, 4.69) is 22.2 Å². The minimum Gasteiger partial charge on any atom is -0.384 e. The lowest BCUT2D eigenvalue weighted by atomic mass is 9.86. The number of rotatable bonds is 3. The molecule has 3 heterocycles. The number of likely N-dealkylation sites (tertiary alicyclic amines) is 1. The van der Waals surface area contributed by atoms with Crippen molar-refractivity contribution in [1.82, 2.24) is 15.1 Å². The Labute approximate surface area is 121 Å². The van der Waals surface area contributed by atoms with Gasteiger partial charge in [0.15, 0.2) is 0 Å². The molecular formula is C15H27N3O2. The first-order valence-electron chi connectivity index (χ1n) is 7.87. The fourth-order valence-electron chi connectivity index (χ4n) is 4.22. The van der Waals surface area contributed by atoms with Gasteiger partial charge in [-0.3, -0.25) is 9.69 Å². The molecule has 0 aromatic carbocycles. The number of likely N-dealkylation sites (N-methyl/N-ethyl adjacent to an activating group) is 1. The largest absolute Gasteiger partial charge is 0.384 e. The highest BCUT2D eigenvalue weighted by Gasteiger charge is 2.46. The third-order valence-corrected chi connectivity index (χ3v) is 5.55. The van der Waals surface area contributed by atoms with E-state index in [0.717, 1.165) is 39.0 Å². The van der Waals surface area contributed by atoms with E-state index >= 15 is 0 Å². The van der Waals surface area contributed by atoms with Gasteiger partial charge < -0.3 is 15.0 Å². The summed E-state index contributed by atoms with van der Waals surface area (Å²) in [5.41, 5.74) is -0.323. The second-order valence-corrected chi connectivity index (χ2v) is 6.73. The highest BCUT2D eigenvalue weighted by molar-refractivity contribution is 5.83. The summed E-state index contributed by atoms with van der Waals surface area (Å²) in [6.07, 6.45) is 4.56. The van der Waals surface area contributed by atoms with Crippen LogP contribution in [0.1, 0.15) is 25.7 Å². The van der Waals surface area contributed by atoms with Crippen molar-refractivity contribution in [2.24, 2.45) is 5.41 Å². The molecule has 20 heavy (non-hydrogen) atoms. The third kappa shape index (κ3) is 2.36. The number of nitrogens with zero attached hydrogens (tertiary/aromatic N) is 2. The molecule has 3 fully saturated rings. The predicted octanol–water partition coefficient (Wildman–Crippen LogP) is 0.308. The molecule has 0 radical (unpaired) electrons. The van der Waals surface area contributed by atoms with E-state index in [9.17, 15) is 4.79 Å². The maximum Gasteiger partial charge on any atom is 0.232 e. The van der Waals surface area contributed by atoms with Crippen LogP contribution < -0.4 is 5.32 Å². The third-order valence-electron chi connectivity index (χ3n) is 5.55. The van der Waals surface area contributed by atoms with Gasteiger partial charge in [0.1, 0.15) is 0 Å². The normalized spacial score (nSPS) is 38.2. The lowest BCUT2D eigenvalue weighted by Gasteiger charge is -2.34. The van der Waals surface area contributed by atoms with Crippen LogP contribution in [0.25, 0.3) is 0 Å². The van der Waals surface area contributed by atoms with Crippen molar-refractivity contribution in [1.29, 1.82) is 0 Å². The number of methoxy groups -OCH3 is 1. The van der Waals surface area contributed by atoms with E-state index in [1.165, 1.54) is 12.8 Å². The van der Waals surface area contributed by atoms with Crippen molar-refractivity contribution < 1.29 is 9.53 Å². The van der Waals surface area contributed by atoms with E-state index < -0.39 is 0 Å². The maximum absolute atomic E-state index is 13.0. The Morgan fingerprint density at radius 3 is 2.85 bits per heavy atom. The minimum absolute atomic E-state index is 0.310. The molecule has 3 aliphatic heterocycles. The van der Waals surface area contributed by atoms with Gasteiger partial charge in [0.25, 0.3) is 0 Å². The Morgan fingerprint density at radius 1 is 1.35 bits per heavy atom. The summed E-state index contributed by atoms with van der Waals surface area (Å²) in [4.78, 5) is 17.6. The highest BCUT2D eigenvalue weighted by atomic mass is 16.5. The van der Waals surface area contributed by atoms with Gasteiger partial charge in [-0.1, -0.05) is 0 Å². The van der Waals surface area contributed by atoms with Crippen molar-refractivity contribution >= 4 is 5.91 Å². The van der Waals surface area contributed by atoms with Crippen LogP contribution in [0.15, 0.2) is 0 Å². The number of hydrogen-bond donors (Lipinski definition) is 1. The first kappa shape index (κ1) is 14.3. The molecule has 2 bridgehead atoms. The molecular weight excluding hydrogens is 254 g/mol. The van der Waals surface area contributed by atoms with Crippen LogP contribution >= 0.6 is 0 Å². The molecule has 0 aromatic rings. The topological polar surface area (TPSA) is 44.8 Å². The fourth-order valence-corrected chi connectivity index (χ4v) is 4.22. The van der Waals surface area contributed by atoms with E-state index in [-0.39, 0.29) is 5.41 Å². The number of carbonyl (C=O) groups is 1. The van der Waals surface area contributed by atoms with Crippen molar-refractivity contribution in [3.63, 3.8) is 0 Å². The van der Waals surface area contributed by atoms with Gasteiger partial charge in [-0.25, -0.2) is 0 Å². The quantitative estimate of drug-likeness (QED) is 0.808. The zero-order valence-corrected chi connectivity index (χ0v) is 12.7. The van der Waals surface area contributed by atoms with Gasteiger partial charge in [-0.05, 0) is 39.3 Å². The minimum atomic E-state index is -0.323. The van der Waals surface area contributed by atoms with Crippen LogP contribution in [-0.2, 0) is 9.53 Å². The summed E-state index contributed by atoms with van der Waals surface area (Å²) in [6.45, 7) is 4.04. The molecule has 3 atom stereocenters. The lowest BCUT2D eigenvalue weighted by molar-refractivity contribution is -0.144. The summed E-state index contributed by atoms with van der Waals surface area (Å²) in [5, 5.41) is 3.34. The van der Waals surface area contributed by atoms with Gasteiger partial charge >= 0.3 is 0 Å². The van der Waals surface area contributed by atoms with E-state index in [1.807, 2.05) is 0 Å². The van der Waals surface area contributed by atoms with Crippen LogP contribution in [0.5, 0.6) is 0 Å². The first-order valence-corrected chi connectivity index (χ1v) is 7.87. The average Bonchev–Trinajstić information content (AvgIpc) is 2.97. The van der Waals surface area contributed by atoms with E-state index in [1.54, 1.807) is 7.11 Å². The van der Waals surface area contributed by atoms with E-state index in [0.29, 0.717) is 24.6 Å². The van der Waals surface area contributed by atoms with Gasteiger partial charge in [0.2, 0.25) is 5.91 Å². The van der Waals surface area contributed by atoms with Crippen LogP contribution in [0, 0.1) is 5.41 Å². The Bertz CT molecular complexity index is 368. The summed E-state index contributed by atoms with van der Waals surface area (Å²) in [7, 11) is 3.92. The molecule has 5 nitrogen and oxygen atoms in total. The average molecular weight is 281 g/mol. The van der Waals surface area contributed by atoms with Crippen molar-refractivity contribution in [3.8, 4) is 0 Å². The molecule has 0 spiro atoms. The van der Waals surface area contributed by atoms with Gasteiger partial charge in [0.05, 0.1) is 12.0 Å². The molecule has 0 aliphatic carbocycles. The summed E-state index contributed by atoms with van der Waals surface area (Å²) in [6, 6.07) is 1.23. The van der Waals surface area contributed by atoms with Gasteiger partial charge in [0, 0.05) is 38.8 Å². The zero-order valence-electron chi connectivity index (χ0n) is 12.7. The van der Waals surface area contributed by atoms with Crippen LogP contribution in [0.2, 0.25) is 0 Å². The molecule has 0 aromatic heterocycles. The maximum atomic E-state index is 13.0. The molecule has 3 unspecified atom stereocenters. The molecule has 1 amide bonds. The number of amides is 1. The summed E-state index contributed by atoms with van der Waals surface area (Å²) < 4.78 is 5.36. The Hall–Kier alpha value is -0.650.